The minimum Gasteiger partial charge on any atom is -0.351 e. The third-order valence-corrected chi connectivity index (χ3v) is 1.62. The van der Waals surface area contributed by atoms with Crippen molar-refractivity contribution < 1.29 is 0 Å². The molecule has 0 fully saturated rings. The van der Waals surface area contributed by atoms with E-state index in [0.717, 1.165) is 17.4 Å². The van der Waals surface area contributed by atoms with E-state index in [1.54, 1.807) is 7.05 Å². The highest BCUT2D eigenvalue weighted by molar-refractivity contribution is 5.80. The number of nitrogens with zero attached hydrogens (tertiary/aromatic N) is 2. The molecule has 0 aliphatic carbocycles. The van der Waals surface area contributed by atoms with Crippen molar-refractivity contribution >= 4 is 5.84 Å². The molecule has 0 aliphatic rings. The van der Waals surface area contributed by atoms with Crippen LogP contribution in [-0.2, 0) is 0 Å². The molecule has 0 saturated carbocycles. The summed E-state index contributed by atoms with van der Waals surface area (Å²) in [5.41, 5.74) is 1.12. The number of hydrogen-bond donors (Lipinski definition) is 2. The van der Waals surface area contributed by atoms with Crippen LogP contribution in [0.25, 0.3) is 0 Å². The van der Waals surface area contributed by atoms with Gasteiger partial charge in [0.2, 0.25) is 0 Å². The molecule has 2 N–H and O–H groups in total. The van der Waals surface area contributed by atoms with Crippen LogP contribution < -0.4 is 5.32 Å². The van der Waals surface area contributed by atoms with E-state index < -0.39 is 0 Å². The van der Waals surface area contributed by atoms with Gasteiger partial charge < -0.3 is 10.3 Å². The number of aryl methyl sites for hydroxylation is 2. The van der Waals surface area contributed by atoms with E-state index >= 15 is 0 Å². The number of imidazole rings is 1. The Balaban J connectivity index is 0. The van der Waals surface area contributed by atoms with Gasteiger partial charge in [-0.2, -0.15) is 0 Å². The Labute approximate surface area is 105 Å². The molecule has 0 aliphatic heterocycles. The maximum absolute atomic E-state index is 3.96. The molecule has 0 amide bonds. The van der Waals surface area contributed by atoms with Gasteiger partial charge in [-0.15, -0.1) is 0 Å². The summed E-state index contributed by atoms with van der Waals surface area (Å²) in [6.45, 7) is 11.8. The first-order valence-corrected chi connectivity index (χ1v) is 5.89. The standard InChI is InChI=1S/C6H12N2.C5H8N2.C2H6/c1-4-5-8-6(2)7-3;1-4-3-6-5(2)7-4;1-2/h4-5H,1-3H3,(H,7,8);3H,1-2H3,(H,6,7);1-2H3/b5-4+;;. The lowest BCUT2D eigenvalue weighted by Crippen LogP contribution is -2.11. The summed E-state index contributed by atoms with van der Waals surface area (Å²) in [7, 11) is 1.76. The fraction of sp³-hybridized carbons (Fsp3) is 0.538. The highest BCUT2D eigenvalue weighted by Crippen LogP contribution is 1.89. The number of amidine groups is 1. The third-order valence-electron chi connectivity index (χ3n) is 1.62. The van der Waals surface area contributed by atoms with Gasteiger partial charge >= 0.3 is 0 Å². The zero-order valence-electron chi connectivity index (χ0n) is 12.1. The minimum atomic E-state index is 0.933. The number of rotatable bonds is 1. The first-order chi connectivity index (χ1) is 8.10. The summed E-state index contributed by atoms with van der Waals surface area (Å²) < 4.78 is 0. The molecular weight excluding hydrogens is 212 g/mol. The van der Waals surface area contributed by atoms with Crippen molar-refractivity contribution in [3.63, 3.8) is 0 Å². The number of nitrogens with one attached hydrogen (secondary N) is 2. The van der Waals surface area contributed by atoms with Crippen LogP contribution in [0.5, 0.6) is 0 Å². The van der Waals surface area contributed by atoms with Crippen LogP contribution in [0, 0.1) is 13.8 Å². The van der Waals surface area contributed by atoms with Crippen molar-refractivity contribution in [2.24, 2.45) is 4.99 Å². The summed E-state index contributed by atoms with van der Waals surface area (Å²) in [6.07, 6.45) is 5.59. The molecular formula is C13H26N4. The van der Waals surface area contributed by atoms with E-state index in [1.165, 1.54) is 0 Å². The Morgan fingerprint density at radius 3 is 2.24 bits per heavy atom. The number of hydrogen-bond acceptors (Lipinski definition) is 2. The van der Waals surface area contributed by atoms with E-state index in [1.807, 2.05) is 60.0 Å². The van der Waals surface area contributed by atoms with Crippen LogP contribution in [0.2, 0.25) is 0 Å². The summed E-state index contributed by atoms with van der Waals surface area (Å²) in [6, 6.07) is 0. The van der Waals surface area contributed by atoms with Crippen molar-refractivity contribution in [2.75, 3.05) is 7.05 Å². The van der Waals surface area contributed by atoms with Gasteiger partial charge in [0.15, 0.2) is 0 Å². The van der Waals surface area contributed by atoms with Gasteiger partial charge in [0.05, 0.1) is 5.84 Å². The van der Waals surface area contributed by atoms with Gasteiger partial charge in [-0.25, -0.2) is 4.98 Å². The average Bonchev–Trinajstić information content (AvgIpc) is 2.73. The summed E-state index contributed by atoms with van der Waals surface area (Å²) in [4.78, 5) is 10.9. The van der Waals surface area contributed by atoms with Gasteiger partial charge in [-0.3, -0.25) is 4.99 Å². The lowest BCUT2D eigenvalue weighted by atomic mass is 10.6. The Hall–Kier alpha value is -1.58. The molecule has 0 aromatic carbocycles. The van der Waals surface area contributed by atoms with Crippen molar-refractivity contribution in [1.82, 2.24) is 15.3 Å². The van der Waals surface area contributed by atoms with Gasteiger partial charge in [0.1, 0.15) is 5.82 Å². The zero-order valence-corrected chi connectivity index (χ0v) is 12.1. The summed E-state index contributed by atoms with van der Waals surface area (Å²) >= 11 is 0. The molecule has 1 aromatic heterocycles. The number of aromatic amines is 1. The minimum absolute atomic E-state index is 0.933. The first-order valence-electron chi connectivity index (χ1n) is 5.89. The van der Waals surface area contributed by atoms with Crippen LogP contribution in [0.4, 0.5) is 0 Å². The van der Waals surface area contributed by atoms with Crippen molar-refractivity contribution in [1.29, 1.82) is 0 Å². The van der Waals surface area contributed by atoms with E-state index in [-0.39, 0.29) is 0 Å². The Kier molecular flexibility index (Phi) is 13.1. The van der Waals surface area contributed by atoms with Gasteiger partial charge in [0, 0.05) is 18.9 Å². The van der Waals surface area contributed by atoms with Crippen molar-refractivity contribution in [3.8, 4) is 0 Å². The van der Waals surface area contributed by atoms with E-state index in [4.69, 9.17) is 0 Å². The molecule has 0 radical (unpaired) electrons. The zero-order chi connectivity index (χ0) is 13.7. The van der Waals surface area contributed by atoms with Crippen LogP contribution in [0.3, 0.4) is 0 Å². The molecule has 4 heteroatoms. The second-order valence-electron chi connectivity index (χ2n) is 3.10. The van der Waals surface area contributed by atoms with Crippen LogP contribution >= 0.6 is 0 Å². The second kappa shape index (κ2) is 12.5. The fourth-order valence-corrected chi connectivity index (χ4v) is 0.812. The third kappa shape index (κ3) is 12.4. The average molecular weight is 238 g/mol. The highest BCUT2D eigenvalue weighted by Gasteiger charge is 1.83. The van der Waals surface area contributed by atoms with Crippen molar-refractivity contribution in [3.05, 3.63) is 30.0 Å². The lowest BCUT2D eigenvalue weighted by molar-refractivity contribution is 1.13. The topological polar surface area (TPSA) is 53.1 Å². The van der Waals surface area contributed by atoms with Gasteiger partial charge in [-0.1, -0.05) is 19.9 Å². The van der Waals surface area contributed by atoms with E-state index in [9.17, 15) is 0 Å². The Bertz CT molecular complexity index is 307. The molecule has 0 spiro atoms. The van der Waals surface area contributed by atoms with E-state index in [0.29, 0.717) is 0 Å². The SMILES string of the molecule is C/C=C/NC(C)=NC.CC.Cc1cnc(C)[nH]1. The van der Waals surface area contributed by atoms with Gasteiger partial charge in [0.25, 0.3) is 0 Å². The monoisotopic (exact) mass is 238 g/mol. The quantitative estimate of drug-likeness (QED) is 0.583. The Morgan fingerprint density at radius 2 is 2.00 bits per heavy atom. The number of allylic oxidation sites excluding steroid dienone is 1. The summed E-state index contributed by atoms with van der Waals surface area (Å²) in [5.74, 6) is 1.92. The molecule has 0 atom stereocenters. The van der Waals surface area contributed by atoms with Crippen molar-refractivity contribution in [2.45, 2.75) is 41.5 Å². The number of aliphatic imine (C=N–C) groups is 1. The first kappa shape index (κ1) is 17.8. The molecule has 1 aromatic rings. The summed E-state index contributed by atoms with van der Waals surface area (Å²) in [5, 5.41) is 2.95. The maximum atomic E-state index is 3.96. The highest BCUT2D eigenvalue weighted by atomic mass is 14.9. The van der Waals surface area contributed by atoms with Crippen LogP contribution in [0.1, 0.15) is 39.2 Å². The van der Waals surface area contributed by atoms with Gasteiger partial charge in [-0.05, 0) is 33.9 Å². The largest absolute Gasteiger partial charge is 0.351 e. The molecule has 1 rings (SSSR count). The fourth-order valence-electron chi connectivity index (χ4n) is 0.812. The Morgan fingerprint density at radius 1 is 1.41 bits per heavy atom. The molecule has 0 bridgehead atoms. The van der Waals surface area contributed by atoms with E-state index in [2.05, 4.69) is 20.3 Å². The molecule has 4 nitrogen and oxygen atoms in total. The lowest BCUT2D eigenvalue weighted by Gasteiger charge is -1.93. The second-order valence-corrected chi connectivity index (χ2v) is 3.10. The molecule has 98 valence electrons. The maximum Gasteiger partial charge on any atom is 0.103 e. The van der Waals surface area contributed by atoms with Crippen LogP contribution in [0.15, 0.2) is 23.5 Å². The number of aromatic nitrogens is 2. The normalized spacial score (nSPS) is 10.2. The number of H-pyrrole nitrogens is 1. The predicted molar refractivity (Wildman–Crippen MR) is 76.4 cm³/mol. The molecule has 0 unspecified atom stereocenters. The smallest absolute Gasteiger partial charge is 0.103 e. The molecule has 17 heavy (non-hydrogen) atoms. The molecule has 0 saturated heterocycles. The molecule has 1 heterocycles. The van der Waals surface area contributed by atoms with Crippen LogP contribution in [-0.4, -0.2) is 22.9 Å². The predicted octanol–water partition coefficient (Wildman–Crippen LogP) is 3.21.